The zero-order chi connectivity index (χ0) is 19.5. The highest BCUT2D eigenvalue weighted by Gasteiger charge is 2.26. The van der Waals surface area contributed by atoms with Crippen molar-refractivity contribution in [1.82, 2.24) is 25.1 Å². The molecule has 0 saturated carbocycles. The third-order valence-corrected chi connectivity index (χ3v) is 5.85. The van der Waals surface area contributed by atoms with Gasteiger partial charge in [0.1, 0.15) is 11.3 Å². The average molecular weight is 401 g/mol. The topological polar surface area (TPSA) is 88.5 Å². The van der Waals surface area contributed by atoms with Gasteiger partial charge in [0.25, 0.3) is 5.91 Å². The van der Waals surface area contributed by atoms with E-state index < -0.39 is 0 Å². The Bertz CT molecular complexity index is 906. The first-order valence-corrected chi connectivity index (χ1v) is 10.3. The number of piperazine rings is 1. The Labute approximate surface area is 167 Å². The summed E-state index contributed by atoms with van der Waals surface area (Å²) in [5.74, 6) is 1.95. The first-order chi connectivity index (χ1) is 13.6. The molecule has 0 aliphatic carbocycles. The predicted molar refractivity (Wildman–Crippen MR) is 104 cm³/mol. The van der Waals surface area contributed by atoms with E-state index in [1.165, 1.54) is 0 Å². The van der Waals surface area contributed by atoms with Crippen LogP contribution < -0.4 is 0 Å². The summed E-state index contributed by atoms with van der Waals surface area (Å²) in [7, 11) is 0. The second-order valence-electron chi connectivity index (χ2n) is 6.93. The maximum Gasteiger partial charge on any atom is 0.259 e. The van der Waals surface area contributed by atoms with Crippen LogP contribution in [0, 0.1) is 13.8 Å². The monoisotopic (exact) mass is 401 g/mol. The van der Waals surface area contributed by atoms with Crippen molar-refractivity contribution in [1.29, 1.82) is 0 Å². The largest absolute Gasteiger partial charge is 0.361 e. The van der Waals surface area contributed by atoms with E-state index >= 15 is 0 Å². The van der Waals surface area contributed by atoms with Crippen LogP contribution in [0.5, 0.6) is 0 Å². The van der Waals surface area contributed by atoms with Gasteiger partial charge in [0.05, 0.1) is 10.6 Å². The Balaban J connectivity index is 1.22. The molecule has 1 saturated heterocycles. The first-order valence-electron chi connectivity index (χ1n) is 9.43. The molecule has 0 bridgehead atoms. The van der Waals surface area contributed by atoms with Gasteiger partial charge in [-0.2, -0.15) is 4.98 Å². The molecule has 1 fully saturated rings. The molecular formula is C19H23N5O3S. The number of carbonyl (C=O) groups is 1. The summed E-state index contributed by atoms with van der Waals surface area (Å²) in [5.41, 5.74) is 1.26. The summed E-state index contributed by atoms with van der Waals surface area (Å²) >= 11 is 1.60. The standard InChI is InChI=1S/C19H23N5O3S/c1-13-17(14(2)26-21-13)19(25)24-10-8-23(9-11-24)7-3-6-16-20-18(22-27-16)15-5-4-12-28-15/h4-5,12H,3,6-11H2,1-2H3. The first kappa shape index (κ1) is 18.8. The molecule has 1 amide bonds. The number of amides is 1. The fraction of sp³-hybridized carbons (Fsp3) is 0.474. The van der Waals surface area contributed by atoms with Gasteiger partial charge in [0, 0.05) is 32.6 Å². The molecule has 148 valence electrons. The second-order valence-corrected chi connectivity index (χ2v) is 7.87. The van der Waals surface area contributed by atoms with E-state index in [-0.39, 0.29) is 5.91 Å². The summed E-state index contributed by atoms with van der Waals surface area (Å²) in [5, 5.41) is 9.93. The van der Waals surface area contributed by atoms with Crippen LogP contribution in [0.4, 0.5) is 0 Å². The van der Waals surface area contributed by atoms with Crippen LogP contribution in [0.3, 0.4) is 0 Å². The third-order valence-electron chi connectivity index (χ3n) is 4.98. The molecule has 0 N–H and O–H groups in total. The highest BCUT2D eigenvalue weighted by molar-refractivity contribution is 7.13. The lowest BCUT2D eigenvalue weighted by atomic mass is 10.1. The summed E-state index contributed by atoms with van der Waals surface area (Å²) < 4.78 is 10.5. The lowest BCUT2D eigenvalue weighted by Crippen LogP contribution is -2.49. The van der Waals surface area contributed by atoms with E-state index in [1.807, 2.05) is 22.4 Å². The van der Waals surface area contributed by atoms with Crippen LogP contribution in [-0.4, -0.2) is 63.7 Å². The molecule has 0 spiro atoms. The van der Waals surface area contributed by atoms with E-state index in [4.69, 9.17) is 9.05 Å². The molecule has 8 nitrogen and oxygen atoms in total. The van der Waals surface area contributed by atoms with Crippen LogP contribution in [0.25, 0.3) is 10.7 Å². The van der Waals surface area contributed by atoms with Crippen LogP contribution >= 0.6 is 11.3 Å². The number of carbonyl (C=O) groups excluding carboxylic acids is 1. The highest BCUT2D eigenvalue weighted by Crippen LogP contribution is 2.21. The van der Waals surface area contributed by atoms with E-state index in [1.54, 1.807) is 25.2 Å². The van der Waals surface area contributed by atoms with Crippen molar-refractivity contribution in [2.45, 2.75) is 26.7 Å². The molecule has 0 aromatic carbocycles. The van der Waals surface area contributed by atoms with Crippen LogP contribution in [0.2, 0.25) is 0 Å². The minimum Gasteiger partial charge on any atom is -0.361 e. The Morgan fingerprint density at radius 1 is 1.18 bits per heavy atom. The van der Waals surface area contributed by atoms with Crippen molar-refractivity contribution < 1.29 is 13.8 Å². The van der Waals surface area contributed by atoms with E-state index in [9.17, 15) is 4.79 Å². The van der Waals surface area contributed by atoms with E-state index in [0.717, 1.165) is 37.4 Å². The minimum atomic E-state index is 0.0165. The smallest absolute Gasteiger partial charge is 0.259 e. The zero-order valence-electron chi connectivity index (χ0n) is 16.1. The molecule has 3 aromatic rings. The SMILES string of the molecule is Cc1noc(C)c1C(=O)N1CCN(CCCc2nc(-c3cccs3)no2)CC1. The van der Waals surface area contributed by atoms with Gasteiger partial charge in [-0.25, -0.2) is 0 Å². The zero-order valence-corrected chi connectivity index (χ0v) is 16.9. The molecule has 28 heavy (non-hydrogen) atoms. The molecule has 0 atom stereocenters. The molecule has 9 heteroatoms. The van der Waals surface area contributed by atoms with Crippen molar-refractivity contribution >= 4 is 17.2 Å². The number of thiophene rings is 1. The van der Waals surface area contributed by atoms with Crippen molar-refractivity contribution in [3.63, 3.8) is 0 Å². The lowest BCUT2D eigenvalue weighted by Gasteiger charge is -2.34. The molecule has 0 radical (unpaired) electrons. The Morgan fingerprint density at radius 3 is 2.68 bits per heavy atom. The molecular weight excluding hydrogens is 378 g/mol. The van der Waals surface area contributed by atoms with Gasteiger partial charge in [-0.05, 0) is 38.3 Å². The van der Waals surface area contributed by atoms with Gasteiger partial charge in [0.15, 0.2) is 0 Å². The molecule has 1 aliphatic rings. The number of rotatable bonds is 6. The number of nitrogens with zero attached hydrogens (tertiary/aromatic N) is 5. The summed E-state index contributed by atoms with van der Waals surface area (Å²) in [6, 6.07) is 3.97. The van der Waals surface area contributed by atoms with Crippen molar-refractivity contribution in [2.75, 3.05) is 32.7 Å². The summed E-state index contributed by atoms with van der Waals surface area (Å²) in [4.78, 5) is 22.4. The van der Waals surface area contributed by atoms with Crippen molar-refractivity contribution in [3.8, 4) is 10.7 Å². The quantitative estimate of drug-likeness (QED) is 0.627. The van der Waals surface area contributed by atoms with Gasteiger partial charge >= 0.3 is 0 Å². The Morgan fingerprint density at radius 2 is 2.00 bits per heavy atom. The lowest BCUT2D eigenvalue weighted by molar-refractivity contribution is 0.0633. The van der Waals surface area contributed by atoms with Crippen molar-refractivity contribution in [3.05, 3.63) is 40.4 Å². The Kier molecular flexibility index (Phi) is 5.54. The molecule has 0 unspecified atom stereocenters. The average Bonchev–Trinajstić information content (AvgIpc) is 3.44. The number of hydrogen-bond donors (Lipinski definition) is 0. The Hall–Kier alpha value is -2.52. The minimum absolute atomic E-state index is 0.0165. The molecule has 3 aromatic heterocycles. The summed E-state index contributed by atoms with van der Waals surface area (Å²) in [6.45, 7) is 7.69. The number of aromatic nitrogens is 3. The molecule has 4 rings (SSSR count). The van der Waals surface area contributed by atoms with Gasteiger partial charge < -0.3 is 13.9 Å². The van der Waals surface area contributed by atoms with Gasteiger partial charge in [0.2, 0.25) is 11.7 Å². The maximum atomic E-state index is 12.7. The van der Waals surface area contributed by atoms with Crippen molar-refractivity contribution in [2.24, 2.45) is 0 Å². The predicted octanol–water partition coefficient (Wildman–Crippen LogP) is 2.79. The van der Waals surface area contributed by atoms with Crippen LogP contribution in [-0.2, 0) is 6.42 Å². The van der Waals surface area contributed by atoms with E-state index in [2.05, 4.69) is 20.2 Å². The molecule has 1 aliphatic heterocycles. The van der Waals surface area contributed by atoms with Crippen LogP contribution in [0.1, 0.15) is 34.1 Å². The third kappa shape index (κ3) is 4.00. The normalized spacial score (nSPS) is 15.3. The van der Waals surface area contributed by atoms with Gasteiger partial charge in [-0.3, -0.25) is 9.69 Å². The van der Waals surface area contributed by atoms with E-state index in [0.29, 0.717) is 41.8 Å². The maximum absolute atomic E-state index is 12.7. The fourth-order valence-corrected chi connectivity index (χ4v) is 4.09. The van der Waals surface area contributed by atoms with Gasteiger partial charge in [-0.1, -0.05) is 16.4 Å². The highest BCUT2D eigenvalue weighted by atomic mass is 32.1. The second kappa shape index (κ2) is 8.24. The van der Waals surface area contributed by atoms with Gasteiger partial charge in [-0.15, -0.1) is 11.3 Å². The number of aryl methyl sites for hydroxylation is 3. The van der Waals surface area contributed by atoms with Crippen LogP contribution in [0.15, 0.2) is 26.6 Å². The fourth-order valence-electron chi connectivity index (χ4n) is 3.44. The number of hydrogen-bond acceptors (Lipinski definition) is 8. The summed E-state index contributed by atoms with van der Waals surface area (Å²) in [6.07, 6.45) is 1.71. The molecule has 4 heterocycles.